The molecule has 6 unspecified atom stereocenters. The first kappa shape index (κ1) is 33.6. The predicted molar refractivity (Wildman–Crippen MR) is 173 cm³/mol. The minimum atomic E-state index is -1.00. The van der Waals surface area contributed by atoms with Gasteiger partial charge < -0.3 is 25.8 Å². The first-order valence-corrected chi connectivity index (χ1v) is 15.2. The quantitative estimate of drug-likeness (QED) is 0.125. The van der Waals surface area contributed by atoms with Crippen molar-refractivity contribution in [1.82, 2.24) is 20.0 Å². The van der Waals surface area contributed by atoms with E-state index in [0.717, 1.165) is 28.7 Å². The predicted octanol–water partition coefficient (Wildman–Crippen LogP) is 1.25. The van der Waals surface area contributed by atoms with E-state index >= 15 is 0 Å². The van der Waals surface area contributed by atoms with Crippen molar-refractivity contribution in [2.75, 3.05) is 34.7 Å². The summed E-state index contributed by atoms with van der Waals surface area (Å²) in [7, 11) is 6.80. The standard InChI is InChI=1S/C33H41N7O3.H4N2/c1-18(37-17-28(41)40-22(16-34)14-23-19(2)29(23)40)15-33(32(35)36)26-9-7-8-20(30(42)38(3)4)12-24(26)25-13-21(10-11-27(25)33)31(43)39(5)6;1-2/h7-8,10-13,18-19,22-23,29,37H,9,14-15,17H2,1-6H3,(H3,35,36);1-2H2. The van der Waals surface area contributed by atoms with Crippen LogP contribution in [0, 0.1) is 28.6 Å². The highest BCUT2D eigenvalue weighted by atomic mass is 16.2. The van der Waals surface area contributed by atoms with Crippen molar-refractivity contribution in [1.29, 1.82) is 10.7 Å². The number of likely N-dealkylation sites (tertiary alicyclic amines) is 1. The van der Waals surface area contributed by atoms with Crippen LogP contribution in [0.4, 0.5) is 0 Å². The summed E-state index contributed by atoms with van der Waals surface area (Å²) in [6.07, 6.45) is 7.17. The molecule has 1 saturated heterocycles. The number of amidine groups is 1. The number of nitrogens with zero attached hydrogens (tertiary/aromatic N) is 4. The van der Waals surface area contributed by atoms with E-state index < -0.39 is 5.41 Å². The number of hydrogen-bond donors (Lipinski definition) is 5. The van der Waals surface area contributed by atoms with E-state index in [2.05, 4.69) is 30.0 Å². The van der Waals surface area contributed by atoms with Crippen LogP contribution in [-0.2, 0) is 15.0 Å². The first-order valence-electron chi connectivity index (χ1n) is 15.2. The number of fused-ring (bicyclic) bond motifs is 3. The van der Waals surface area contributed by atoms with Crippen molar-refractivity contribution in [3.63, 3.8) is 0 Å². The molecule has 1 aliphatic heterocycles. The van der Waals surface area contributed by atoms with Crippen LogP contribution >= 0.6 is 0 Å². The Hall–Kier alpha value is -4.31. The number of nitrogens with two attached hydrogens (primary N) is 3. The molecule has 4 aliphatic rings. The monoisotopic (exact) mass is 615 g/mol. The topological polar surface area (TPSA) is 199 Å². The lowest BCUT2D eigenvalue weighted by Crippen LogP contribution is -2.49. The van der Waals surface area contributed by atoms with E-state index in [1.54, 1.807) is 45.2 Å². The molecule has 12 nitrogen and oxygen atoms in total. The second kappa shape index (κ2) is 13.0. The molecule has 0 bridgehead atoms. The minimum Gasteiger partial charge on any atom is -0.387 e. The van der Waals surface area contributed by atoms with Crippen LogP contribution in [0.25, 0.3) is 5.57 Å². The van der Waals surface area contributed by atoms with Crippen molar-refractivity contribution in [2.45, 2.75) is 56.7 Å². The average molecular weight is 616 g/mol. The van der Waals surface area contributed by atoms with Crippen LogP contribution in [0.5, 0.6) is 0 Å². The summed E-state index contributed by atoms with van der Waals surface area (Å²) in [4.78, 5) is 44.0. The van der Waals surface area contributed by atoms with Gasteiger partial charge in [0.15, 0.2) is 0 Å². The molecule has 6 atom stereocenters. The van der Waals surface area contributed by atoms with Crippen LogP contribution in [0.2, 0.25) is 0 Å². The number of nitrogens with one attached hydrogen (secondary N) is 2. The fourth-order valence-electron chi connectivity index (χ4n) is 7.34. The maximum absolute atomic E-state index is 13.3. The van der Waals surface area contributed by atoms with Crippen LogP contribution in [0.3, 0.4) is 0 Å². The van der Waals surface area contributed by atoms with Crippen LogP contribution in [0.1, 0.15) is 54.6 Å². The number of hydrogen-bond acceptors (Lipinski definition) is 8. The number of carbonyl (C=O) groups excluding carboxylic acids is 3. The fraction of sp³-hybridized carbons (Fsp3) is 0.485. The SMILES string of the molecule is CC(CC1(C(=N)N)C2=C(C=C(C(=O)N(C)C)C=CC2)c2cc(C(=O)N(C)C)ccc21)NCC(=O)N1C(C#N)CC2C(C)C21.NN. The molecule has 240 valence electrons. The van der Waals surface area contributed by atoms with Gasteiger partial charge in [0.25, 0.3) is 11.8 Å². The normalized spacial score (nSPS) is 26.2. The van der Waals surface area contributed by atoms with Gasteiger partial charge in [0.1, 0.15) is 11.9 Å². The number of benzene rings is 1. The zero-order chi connectivity index (χ0) is 33.4. The van der Waals surface area contributed by atoms with Gasteiger partial charge in [-0.05, 0) is 78.5 Å². The minimum absolute atomic E-state index is 0.0340. The number of allylic oxidation sites excluding steroid dienone is 3. The Balaban J connectivity index is 0.00000226. The van der Waals surface area contributed by atoms with Crippen molar-refractivity contribution in [3.8, 4) is 6.07 Å². The lowest BCUT2D eigenvalue weighted by Gasteiger charge is -2.36. The Morgan fingerprint density at radius 1 is 1.18 bits per heavy atom. The summed E-state index contributed by atoms with van der Waals surface area (Å²) in [5.74, 6) is 8.43. The van der Waals surface area contributed by atoms with E-state index in [1.165, 1.54) is 9.80 Å². The average Bonchev–Trinajstić information content (AvgIpc) is 3.43. The Morgan fingerprint density at radius 3 is 2.44 bits per heavy atom. The largest absolute Gasteiger partial charge is 0.387 e. The van der Waals surface area contributed by atoms with E-state index in [9.17, 15) is 19.6 Å². The number of rotatable bonds is 8. The summed E-state index contributed by atoms with van der Waals surface area (Å²) in [5, 5.41) is 21.9. The highest BCUT2D eigenvalue weighted by Crippen LogP contribution is 2.54. The van der Waals surface area contributed by atoms with Gasteiger partial charge in [0.05, 0.1) is 18.0 Å². The van der Waals surface area contributed by atoms with Crippen molar-refractivity contribution >= 4 is 29.1 Å². The molecule has 5 rings (SSSR count). The Morgan fingerprint density at radius 2 is 1.84 bits per heavy atom. The smallest absolute Gasteiger partial charge is 0.253 e. The molecule has 1 heterocycles. The molecule has 1 aromatic carbocycles. The van der Waals surface area contributed by atoms with Crippen molar-refractivity contribution in [2.24, 2.45) is 29.3 Å². The molecular weight excluding hydrogens is 570 g/mol. The summed E-state index contributed by atoms with van der Waals surface area (Å²) in [6, 6.07) is 7.30. The number of carbonyl (C=O) groups is 3. The molecule has 0 spiro atoms. The lowest BCUT2D eigenvalue weighted by atomic mass is 9.70. The zero-order valence-electron chi connectivity index (χ0n) is 26.9. The highest BCUT2D eigenvalue weighted by Gasteiger charge is 2.60. The molecule has 45 heavy (non-hydrogen) atoms. The van der Waals surface area contributed by atoms with Gasteiger partial charge in [0.2, 0.25) is 5.91 Å². The number of piperidine rings is 1. The van der Waals surface area contributed by atoms with Gasteiger partial charge in [-0.2, -0.15) is 5.26 Å². The molecule has 1 saturated carbocycles. The van der Waals surface area contributed by atoms with E-state index in [4.69, 9.17) is 11.1 Å². The lowest BCUT2D eigenvalue weighted by molar-refractivity contribution is -0.131. The number of likely N-dealkylation sites (N-methyl/N-ethyl adjacent to an activating group) is 1. The maximum Gasteiger partial charge on any atom is 0.253 e. The zero-order valence-corrected chi connectivity index (χ0v) is 26.9. The highest BCUT2D eigenvalue weighted by molar-refractivity contribution is 6.07. The van der Waals surface area contributed by atoms with E-state index in [0.29, 0.717) is 35.8 Å². The number of hydrazine groups is 1. The third-order valence-electron chi connectivity index (χ3n) is 9.61. The van der Waals surface area contributed by atoms with Gasteiger partial charge in [-0.1, -0.05) is 25.1 Å². The van der Waals surface area contributed by atoms with Crippen LogP contribution in [0.15, 0.2) is 47.6 Å². The Bertz CT molecular complexity index is 1540. The van der Waals surface area contributed by atoms with Gasteiger partial charge in [-0.15, -0.1) is 0 Å². The fourth-order valence-corrected chi connectivity index (χ4v) is 7.34. The van der Waals surface area contributed by atoms with E-state index in [1.807, 2.05) is 31.2 Å². The maximum atomic E-state index is 13.3. The van der Waals surface area contributed by atoms with E-state index in [-0.39, 0.29) is 48.2 Å². The Labute approximate surface area is 265 Å². The van der Waals surface area contributed by atoms with Crippen LogP contribution in [-0.4, -0.2) is 91.1 Å². The van der Waals surface area contributed by atoms with Crippen molar-refractivity contribution < 1.29 is 14.4 Å². The summed E-state index contributed by atoms with van der Waals surface area (Å²) in [5.41, 5.74) is 9.76. The third kappa shape index (κ3) is 5.79. The molecule has 8 N–H and O–H groups in total. The molecular formula is C33H45N9O3. The third-order valence-corrected chi connectivity index (χ3v) is 9.61. The van der Waals surface area contributed by atoms with Gasteiger partial charge in [-0.3, -0.25) is 31.5 Å². The number of nitriles is 1. The van der Waals surface area contributed by atoms with Gasteiger partial charge >= 0.3 is 0 Å². The molecule has 0 aromatic heterocycles. The molecule has 3 amide bonds. The summed E-state index contributed by atoms with van der Waals surface area (Å²) < 4.78 is 0. The molecule has 3 aliphatic carbocycles. The summed E-state index contributed by atoms with van der Waals surface area (Å²) >= 11 is 0. The Kier molecular flexibility index (Phi) is 9.68. The number of amides is 3. The molecule has 0 radical (unpaired) electrons. The first-order chi connectivity index (χ1) is 21.3. The van der Waals surface area contributed by atoms with Gasteiger partial charge in [-0.25, -0.2) is 0 Å². The summed E-state index contributed by atoms with van der Waals surface area (Å²) in [6.45, 7) is 4.18. The molecule has 1 aromatic rings. The van der Waals surface area contributed by atoms with Crippen LogP contribution < -0.4 is 22.7 Å². The van der Waals surface area contributed by atoms with Gasteiger partial charge in [0, 0.05) is 51.4 Å². The second-order valence-electron chi connectivity index (χ2n) is 12.8. The second-order valence-corrected chi connectivity index (χ2v) is 12.8. The molecule has 2 fully saturated rings. The van der Waals surface area contributed by atoms with Crippen molar-refractivity contribution in [3.05, 3.63) is 64.3 Å². The molecule has 12 heteroatoms.